The van der Waals surface area contributed by atoms with Gasteiger partial charge in [-0.2, -0.15) is 0 Å². The molecule has 11 heavy (non-hydrogen) atoms. The van der Waals surface area contributed by atoms with Gasteiger partial charge in [-0.15, -0.1) is 0 Å². The molecular weight excluding hydrogens is 134 g/mol. The number of hydrogen-bond acceptors (Lipinski definition) is 1. The molecule has 1 atom stereocenters. The molecule has 0 aromatic rings. The van der Waals surface area contributed by atoms with Gasteiger partial charge in [0.25, 0.3) is 0 Å². The quantitative estimate of drug-likeness (QED) is 0.556. The molecule has 62 valence electrons. The average molecular weight is 151 g/mol. The van der Waals surface area contributed by atoms with Crippen molar-refractivity contribution in [1.29, 1.82) is 0 Å². The molecule has 1 heteroatoms. The topological polar surface area (TPSA) is 3.24 Å². The maximum Gasteiger partial charge on any atom is 0.0447 e. The second-order valence-corrected chi connectivity index (χ2v) is 3.43. The Balaban J connectivity index is 2.78. The van der Waals surface area contributed by atoms with E-state index in [0.717, 1.165) is 0 Å². The third kappa shape index (κ3) is 1.65. The fraction of sp³-hybridized carbons (Fsp3) is 0.600. The van der Waals surface area contributed by atoms with Gasteiger partial charge in [-0.1, -0.05) is 12.2 Å². The van der Waals surface area contributed by atoms with Crippen molar-refractivity contribution in [3.05, 3.63) is 23.9 Å². The standard InChI is InChI=1S/C10H17N/c1-8(2)11-9(3)6-5-7-10(11)4/h5-9H,1-4H3. The summed E-state index contributed by atoms with van der Waals surface area (Å²) < 4.78 is 0. The Kier molecular flexibility index (Phi) is 2.38. The third-order valence-corrected chi connectivity index (χ3v) is 2.13. The van der Waals surface area contributed by atoms with E-state index in [9.17, 15) is 0 Å². The van der Waals surface area contributed by atoms with E-state index in [1.165, 1.54) is 5.70 Å². The van der Waals surface area contributed by atoms with Crippen molar-refractivity contribution in [1.82, 2.24) is 4.90 Å². The van der Waals surface area contributed by atoms with E-state index in [0.29, 0.717) is 12.1 Å². The van der Waals surface area contributed by atoms with Crippen LogP contribution < -0.4 is 0 Å². The summed E-state index contributed by atoms with van der Waals surface area (Å²) in [4.78, 5) is 2.42. The zero-order valence-electron chi connectivity index (χ0n) is 7.83. The summed E-state index contributed by atoms with van der Waals surface area (Å²) >= 11 is 0. The van der Waals surface area contributed by atoms with E-state index in [1.807, 2.05) is 0 Å². The average Bonchev–Trinajstić information content (AvgIpc) is 1.85. The minimum absolute atomic E-state index is 0.556. The molecule has 0 fully saturated rings. The molecule has 1 aliphatic heterocycles. The molecule has 1 heterocycles. The lowest BCUT2D eigenvalue weighted by Crippen LogP contribution is -2.37. The molecule has 1 nitrogen and oxygen atoms in total. The maximum absolute atomic E-state index is 2.42. The largest absolute Gasteiger partial charge is 0.366 e. The lowest BCUT2D eigenvalue weighted by atomic mass is 10.1. The molecule has 0 spiro atoms. The van der Waals surface area contributed by atoms with E-state index in [2.05, 4.69) is 50.8 Å². The SMILES string of the molecule is CC1=CC=CC(C)N1C(C)C. The molecule has 0 saturated heterocycles. The highest BCUT2D eigenvalue weighted by molar-refractivity contribution is 5.19. The summed E-state index contributed by atoms with van der Waals surface area (Å²) in [5, 5.41) is 0. The summed E-state index contributed by atoms with van der Waals surface area (Å²) in [7, 11) is 0. The number of nitrogens with zero attached hydrogens (tertiary/aromatic N) is 1. The summed E-state index contributed by atoms with van der Waals surface area (Å²) in [5.74, 6) is 0. The van der Waals surface area contributed by atoms with Crippen molar-refractivity contribution in [3.63, 3.8) is 0 Å². The fourth-order valence-corrected chi connectivity index (χ4v) is 1.73. The zero-order chi connectivity index (χ0) is 8.43. The monoisotopic (exact) mass is 151 g/mol. The van der Waals surface area contributed by atoms with Gasteiger partial charge in [0.05, 0.1) is 0 Å². The highest BCUT2D eigenvalue weighted by Crippen LogP contribution is 2.18. The summed E-state index contributed by atoms with van der Waals surface area (Å²) in [6.07, 6.45) is 6.53. The van der Waals surface area contributed by atoms with Gasteiger partial charge >= 0.3 is 0 Å². The predicted molar refractivity (Wildman–Crippen MR) is 49.3 cm³/mol. The number of allylic oxidation sites excluding steroid dienone is 3. The molecule has 0 N–H and O–H groups in total. The van der Waals surface area contributed by atoms with Crippen LogP contribution in [0.15, 0.2) is 23.9 Å². The molecule has 1 aliphatic rings. The fourth-order valence-electron chi connectivity index (χ4n) is 1.73. The van der Waals surface area contributed by atoms with Gasteiger partial charge in [-0.25, -0.2) is 0 Å². The Hall–Kier alpha value is -0.720. The van der Waals surface area contributed by atoms with Crippen LogP contribution in [-0.4, -0.2) is 17.0 Å². The van der Waals surface area contributed by atoms with E-state index in [4.69, 9.17) is 0 Å². The van der Waals surface area contributed by atoms with Gasteiger partial charge in [-0.3, -0.25) is 0 Å². The van der Waals surface area contributed by atoms with Crippen LogP contribution in [0.4, 0.5) is 0 Å². The summed E-state index contributed by atoms with van der Waals surface area (Å²) in [6, 6.07) is 1.16. The van der Waals surface area contributed by atoms with Crippen molar-refractivity contribution in [2.45, 2.75) is 39.8 Å². The van der Waals surface area contributed by atoms with Crippen LogP contribution in [0.3, 0.4) is 0 Å². The third-order valence-electron chi connectivity index (χ3n) is 2.13. The molecule has 0 bridgehead atoms. The van der Waals surface area contributed by atoms with Crippen LogP contribution in [0.2, 0.25) is 0 Å². The van der Waals surface area contributed by atoms with Gasteiger partial charge < -0.3 is 4.90 Å². The Bertz CT molecular complexity index is 189. The zero-order valence-corrected chi connectivity index (χ0v) is 7.83. The molecule has 0 aliphatic carbocycles. The first kappa shape index (κ1) is 8.38. The Morgan fingerprint density at radius 3 is 2.45 bits per heavy atom. The van der Waals surface area contributed by atoms with Crippen molar-refractivity contribution < 1.29 is 0 Å². The Morgan fingerprint density at radius 2 is 2.09 bits per heavy atom. The minimum atomic E-state index is 0.556. The van der Waals surface area contributed by atoms with Crippen molar-refractivity contribution >= 4 is 0 Å². The van der Waals surface area contributed by atoms with Gasteiger partial charge in [-0.05, 0) is 33.8 Å². The highest BCUT2D eigenvalue weighted by atomic mass is 15.2. The van der Waals surface area contributed by atoms with Crippen LogP contribution in [0.1, 0.15) is 27.7 Å². The van der Waals surface area contributed by atoms with Gasteiger partial charge in [0.15, 0.2) is 0 Å². The normalized spacial score (nSPS) is 24.3. The van der Waals surface area contributed by atoms with E-state index in [-0.39, 0.29) is 0 Å². The maximum atomic E-state index is 2.42. The lowest BCUT2D eigenvalue weighted by Gasteiger charge is -2.35. The second kappa shape index (κ2) is 3.12. The van der Waals surface area contributed by atoms with E-state index in [1.54, 1.807) is 0 Å². The van der Waals surface area contributed by atoms with Crippen LogP contribution in [0, 0.1) is 0 Å². The van der Waals surface area contributed by atoms with Crippen LogP contribution >= 0.6 is 0 Å². The van der Waals surface area contributed by atoms with E-state index < -0.39 is 0 Å². The number of rotatable bonds is 1. The first-order chi connectivity index (χ1) is 5.13. The smallest absolute Gasteiger partial charge is 0.0447 e. The minimum Gasteiger partial charge on any atom is -0.366 e. The summed E-state index contributed by atoms with van der Waals surface area (Å²) in [6.45, 7) is 8.85. The molecular formula is C10H17N. The molecule has 0 aromatic heterocycles. The highest BCUT2D eigenvalue weighted by Gasteiger charge is 2.16. The first-order valence-corrected chi connectivity index (χ1v) is 4.26. The van der Waals surface area contributed by atoms with Crippen molar-refractivity contribution in [2.24, 2.45) is 0 Å². The molecule has 1 unspecified atom stereocenters. The second-order valence-electron chi connectivity index (χ2n) is 3.43. The number of hydrogen-bond donors (Lipinski definition) is 0. The van der Waals surface area contributed by atoms with Crippen molar-refractivity contribution in [2.75, 3.05) is 0 Å². The van der Waals surface area contributed by atoms with Gasteiger partial charge in [0.2, 0.25) is 0 Å². The van der Waals surface area contributed by atoms with Crippen LogP contribution in [-0.2, 0) is 0 Å². The molecule has 0 saturated carbocycles. The molecule has 0 amide bonds. The van der Waals surface area contributed by atoms with Crippen LogP contribution in [0.5, 0.6) is 0 Å². The lowest BCUT2D eigenvalue weighted by molar-refractivity contribution is 0.248. The first-order valence-electron chi connectivity index (χ1n) is 4.26. The Morgan fingerprint density at radius 1 is 1.45 bits per heavy atom. The molecule has 0 radical (unpaired) electrons. The summed E-state index contributed by atoms with van der Waals surface area (Å²) in [5.41, 5.74) is 1.37. The Labute approximate surface area is 69.4 Å². The van der Waals surface area contributed by atoms with Crippen LogP contribution in [0.25, 0.3) is 0 Å². The van der Waals surface area contributed by atoms with E-state index >= 15 is 0 Å². The van der Waals surface area contributed by atoms with Crippen molar-refractivity contribution in [3.8, 4) is 0 Å². The predicted octanol–water partition coefficient (Wildman–Crippen LogP) is 2.56. The van der Waals surface area contributed by atoms with Gasteiger partial charge in [0, 0.05) is 17.8 Å². The van der Waals surface area contributed by atoms with Gasteiger partial charge in [0.1, 0.15) is 0 Å². The molecule has 1 rings (SSSR count). The molecule has 0 aromatic carbocycles.